The monoisotopic (exact) mass is 457 g/mol. The molecular weight excluding hydrogens is 426 g/mol. The molecule has 1 aromatic heterocycles. The smallest absolute Gasteiger partial charge is 0.361 e. The van der Waals surface area contributed by atoms with E-state index in [0.717, 1.165) is 32.8 Å². The summed E-state index contributed by atoms with van der Waals surface area (Å²) in [7, 11) is 1.00. The van der Waals surface area contributed by atoms with Crippen molar-refractivity contribution in [2.24, 2.45) is 5.92 Å². The molecule has 0 unspecified atom stereocenters. The fraction of sp³-hybridized carbons (Fsp3) is 0.500. The van der Waals surface area contributed by atoms with E-state index < -0.39 is 23.0 Å². The van der Waals surface area contributed by atoms with Crippen LogP contribution in [0.5, 0.6) is 5.75 Å². The molecule has 9 nitrogen and oxygen atoms in total. The normalized spacial score (nSPS) is 20.7. The number of ether oxygens (including phenoxy) is 2. The first-order valence-corrected chi connectivity index (χ1v) is 11.3. The molecule has 0 amide bonds. The first-order chi connectivity index (χ1) is 16.0. The number of aromatic nitrogens is 2. The predicted molar refractivity (Wildman–Crippen MR) is 121 cm³/mol. The Morgan fingerprint density at radius 2 is 1.82 bits per heavy atom. The molecule has 0 spiro atoms. The zero-order valence-electron chi connectivity index (χ0n) is 19.3. The van der Waals surface area contributed by atoms with Crippen molar-refractivity contribution < 1.29 is 24.2 Å². The molecule has 3 aliphatic rings. The molecule has 1 fully saturated rings. The maximum atomic E-state index is 13.5. The van der Waals surface area contributed by atoms with Crippen LogP contribution in [0.25, 0.3) is 0 Å². The summed E-state index contributed by atoms with van der Waals surface area (Å²) in [5, 5.41) is 10.5. The van der Waals surface area contributed by atoms with E-state index in [1.807, 2.05) is 6.92 Å². The number of hydrogen-bond donors (Lipinski definition) is 2. The van der Waals surface area contributed by atoms with Crippen molar-refractivity contribution in [3.05, 3.63) is 57.8 Å². The average molecular weight is 458 g/mol. The van der Waals surface area contributed by atoms with E-state index in [-0.39, 0.29) is 23.6 Å². The number of carbonyl (C=O) groups excluding carboxylic acids is 2. The van der Waals surface area contributed by atoms with Crippen molar-refractivity contribution in [3.8, 4) is 5.75 Å². The van der Waals surface area contributed by atoms with Crippen molar-refractivity contribution in [2.75, 3.05) is 20.3 Å². The molecule has 0 atom stereocenters. The van der Waals surface area contributed by atoms with Gasteiger partial charge in [-0.2, -0.15) is 0 Å². The summed E-state index contributed by atoms with van der Waals surface area (Å²) in [5.41, 5.74) is -0.969. The molecule has 178 valence electrons. The number of carbonyl (C=O) groups is 2. The lowest BCUT2D eigenvalue weighted by Gasteiger charge is -2.37. The predicted octanol–water partition coefficient (Wildman–Crippen LogP) is 2.26. The number of hydrogen-bond acceptors (Lipinski definition) is 8. The number of aliphatic hydroxyl groups is 1. The van der Waals surface area contributed by atoms with E-state index in [1.54, 1.807) is 41.8 Å². The van der Waals surface area contributed by atoms with Crippen molar-refractivity contribution >= 4 is 11.9 Å². The molecule has 9 heteroatoms. The lowest BCUT2D eigenvalue weighted by molar-refractivity contribution is 0.0510. The summed E-state index contributed by atoms with van der Waals surface area (Å²) in [6.45, 7) is 5.00. The largest absolute Gasteiger partial charge is 0.461 e. The molecular formula is C24H31N3O6. The Morgan fingerprint density at radius 3 is 2.42 bits per heavy atom. The molecule has 1 aromatic carbocycles. The van der Waals surface area contributed by atoms with Crippen LogP contribution in [-0.2, 0) is 16.8 Å². The van der Waals surface area contributed by atoms with E-state index in [1.165, 1.54) is 0 Å². The molecule has 0 saturated heterocycles. The molecule has 3 heterocycles. The zero-order valence-corrected chi connectivity index (χ0v) is 19.3. The Bertz CT molecular complexity index is 1040. The van der Waals surface area contributed by atoms with Crippen LogP contribution in [0, 0.1) is 5.92 Å². The molecule has 2 bridgehead atoms. The minimum atomic E-state index is -0.774. The zero-order chi connectivity index (χ0) is 24.0. The highest BCUT2D eigenvalue weighted by atomic mass is 16.6. The Balaban J connectivity index is 0.00000149. The van der Waals surface area contributed by atoms with Gasteiger partial charge in [0, 0.05) is 13.7 Å². The van der Waals surface area contributed by atoms with Gasteiger partial charge in [0.05, 0.1) is 17.7 Å². The highest BCUT2D eigenvalue weighted by Crippen LogP contribution is 2.42. The van der Waals surface area contributed by atoms with Gasteiger partial charge in [-0.05, 0) is 57.2 Å². The van der Waals surface area contributed by atoms with Crippen LogP contribution in [0.1, 0.15) is 66.2 Å². The third-order valence-electron chi connectivity index (χ3n) is 6.14. The van der Waals surface area contributed by atoms with Crippen LogP contribution in [0.2, 0.25) is 0 Å². The van der Waals surface area contributed by atoms with Gasteiger partial charge in [-0.15, -0.1) is 0 Å². The van der Waals surface area contributed by atoms with Gasteiger partial charge in [0.15, 0.2) is 5.69 Å². The summed E-state index contributed by atoms with van der Waals surface area (Å²) in [6.07, 6.45) is 3.60. The summed E-state index contributed by atoms with van der Waals surface area (Å²) in [6, 6.07) is 8.34. The van der Waals surface area contributed by atoms with Gasteiger partial charge < -0.3 is 19.9 Å². The van der Waals surface area contributed by atoms with Crippen LogP contribution in [0.15, 0.2) is 35.1 Å². The van der Waals surface area contributed by atoms with Crippen LogP contribution < -0.4 is 15.6 Å². The van der Waals surface area contributed by atoms with E-state index in [0.29, 0.717) is 24.8 Å². The lowest BCUT2D eigenvalue weighted by atomic mass is 9.77. The van der Waals surface area contributed by atoms with Gasteiger partial charge in [0.2, 0.25) is 5.75 Å². The minimum absolute atomic E-state index is 0.116. The van der Waals surface area contributed by atoms with E-state index in [4.69, 9.17) is 14.6 Å². The van der Waals surface area contributed by atoms with E-state index in [9.17, 15) is 14.4 Å². The third-order valence-corrected chi connectivity index (χ3v) is 6.14. The second kappa shape index (κ2) is 10.7. The summed E-state index contributed by atoms with van der Waals surface area (Å²) >= 11 is 0. The standard InChI is InChI=1S/C23H27N3O5.CH4O/c1-3-24-23-12-10-15(11-13-23)14-26-19(27)18(17(25-22(23)26)21(29)30-4-2)31-20(28)16-8-6-5-7-9-16;1-2/h5-9,15,24H,3-4,10-14H2,1-2H3;2H,1H3. The number of nitrogens with zero attached hydrogens (tertiary/aromatic N) is 2. The topological polar surface area (TPSA) is 120 Å². The van der Waals surface area contributed by atoms with Gasteiger partial charge >= 0.3 is 11.9 Å². The quantitative estimate of drug-likeness (QED) is 0.634. The van der Waals surface area contributed by atoms with Gasteiger partial charge in [-0.25, -0.2) is 14.6 Å². The number of benzene rings is 1. The minimum Gasteiger partial charge on any atom is -0.461 e. The van der Waals surface area contributed by atoms with E-state index in [2.05, 4.69) is 10.3 Å². The molecule has 33 heavy (non-hydrogen) atoms. The summed E-state index contributed by atoms with van der Waals surface area (Å²) in [4.78, 5) is 43.6. The Labute approximate surface area is 192 Å². The average Bonchev–Trinajstić information content (AvgIpc) is 3.09. The van der Waals surface area contributed by atoms with Crippen LogP contribution in [0.3, 0.4) is 0 Å². The first kappa shape index (κ1) is 24.6. The first-order valence-electron chi connectivity index (χ1n) is 11.3. The summed E-state index contributed by atoms with van der Waals surface area (Å²) < 4.78 is 12.2. The molecule has 2 N–H and O–H groups in total. The molecule has 2 aliphatic heterocycles. The number of nitrogens with one attached hydrogen (secondary N) is 1. The molecule has 5 rings (SSSR count). The van der Waals surface area contributed by atoms with Crippen LogP contribution in [0.4, 0.5) is 0 Å². The number of rotatable bonds is 6. The second-order valence-electron chi connectivity index (χ2n) is 8.06. The highest BCUT2D eigenvalue weighted by Gasteiger charge is 2.44. The van der Waals surface area contributed by atoms with Crippen molar-refractivity contribution in [1.82, 2.24) is 14.9 Å². The van der Waals surface area contributed by atoms with Gasteiger partial charge in [-0.3, -0.25) is 9.36 Å². The highest BCUT2D eigenvalue weighted by molar-refractivity contribution is 5.94. The number of esters is 2. The SMILES string of the molecule is CCNC12CCC(CC1)Cn1c2nc(C(=O)OCC)c(OC(=O)c2ccccc2)c1=O.CO. The second-order valence-corrected chi connectivity index (χ2v) is 8.06. The third kappa shape index (κ3) is 4.84. The van der Waals surface area contributed by atoms with Gasteiger partial charge in [0.1, 0.15) is 5.82 Å². The van der Waals surface area contributed by atoms with Gasteiger partial charge in [-0.1, -0.05) is 25.1 Å². The summed E-state index contributed by atoms with van der Waals surface area (Å²) in [5.74, 6) is -0.988. The fourth-order valence-electron chi connectivity index (χ4n) is 4.66. The number of aliphatic hydroxyl groups excluding tert-OH is 1. The van der Waals surface area contributed by atoms with Crippen molar-refractivity contribution in [3.63, 3.8) is 0 Å². The Kier molecular flexibility index (Phi) is 7.99. The lowest BCUT2D eigenvalue weighted by Crippen LogP contribution is -2.47. The molecule has 1 aliphatic carbocycles. The van der Waals surface area contributed by atoms with Crippen molar-refractivity contribution in [1.29, 1.82) is 0 Å². The Morgan fingerprint density at radius 1 is 1.15 bits per heavy atom. The molecule has 0 radical (unpaired) electrons. The number of fused-ring (bicyclic) bond motifs is 2. The molecule has 2 aromatic rings. The van der Waals surface area contributed by atoms with Gasteiger partial charge in [0.25, 0.3) is 5.56 Å². The van der Waals surface area contributed by atoms with Crippen molar-refractivity contribution in [2.45, 2.75) is 51.6 Å². The maximum Gasteiger partial charge on any atom is 0.361 e. The van der Waals surface area contributed by atoms with E-state index >= 15 is 0 Å². The molecule has 1 saturated carbocycles. The Hall–Kier alpha value is -3.04. The van der Waals surface area contributed by atoms with Crippen LogP contribution in [-0.4, -0.2) is 46.9 Å². The fourth-order valence-corrected chi connectivity index (χ4v) is 4.66. The maximum absolute atomic E-state index is 13.5. The van der Waals surface area contributed by atoms with Crippen LogP contribution >= 0.6 is 0 Å².